The van der Waals surface area contributed by atoms with Crippen LogP contribution in [-0.4, -0.2) is 29.2 Å². The molecule has 5 nitrogen and oxygen atoms in total. The van der Waals surface area contributed by atoms with E-state index in [1.807, 2.05) is 12.2 Å². The highest BCUT2D eigenvalue weighted by Crippen LogP contribution is 2.52. The third-order valence-electron chi connectivity index (χ3n) is 5.07. The van der Waals surface area contributed by atoms with Gasteiger partial charge in [0.15, 0.2) is 11.6 Å². The van der Waals surface area contributed by atoms with Gasteiger partial charge in [-0.15, -0.1) is 0 Å². The zero-order chi connectivity index (χ0) is 17.0. The molecule has 1 aliphatic heterocycles. The Morgan fingerprint density at radius 1 is 1.08 bits per heavy atom. The number of imide groups is 1. The first-order chi connectivity index (χ1) is 11.5. The van der Waals surface area contributed by atoms with Crippen LogP contribution in [-0.2, 0) is 14.4 Å². The molecular formula is C17H14F2N2O3. The molecule has 1 saturated carbocycles. The second-order valence-corrected chi connectivity index (χ2v) is 6.44. The fourth-order valence-corrected chi connectivity index (χ4v) is 4.04. The van der Waals surface area contributed by atoms with E-state index in [0.717, 1.165) is 23.5 Å². The van der Waals surface area contributed by atoms with Crippen molar-refractivity contribution in [1.29, 1.82) is 0 Å². The molecule has 1 saturated heterocycles. The maximum Gasteiger partial charge on any atom is 0.244 e. The lowest BCUT2D eigenvalue weighted by Gasteiger charge is -2.16. The first kappa shape index (κ1) is 15.0. The number of carbonyl (C=O) groups is 3. The summed E-state index contributed by atoms with van der Waals surface area (Å²) in [6.07, 6.45) is 4.77. The van der Waals surface area contributed by atoms with Crippen LogP contribution in [0.15, 0.2) is 30.4 Å². The minimum absolute atomic E-state index is 0.0694. The molecule has 124 valence electrons. The highest BCUT2D eigenvalue weighted by Gasteiger charge is 2.59. The number of halogens is 2. The van der Waals surface area contributed by atoms with Gasteiger partial charge in [0.2, 0.25) is 17.7 Å². The summed E-state index contributed by atoms with van der Waals surface area (Å²) in [5, 5.41) is 2.37. The van der Waals surface area contributed by atoms with Gasteiger partial charge in [0, 0.05) is 11.8 Å². The van der Waals surface area contributed by atoms with Crippen molar-refractivity contribution in [2.24, 2.45) is 23.7 Å². The third kappa shape index (κ3) is 2.15. The Labute approximate surface area is 136 Å². The van der Waals surface area contributed by atoms with E-state index in [9.17, 15) is 23.2 Å². The highest BCUT2D eigenvalue weighted by atomic mass is 19.2. The molecule has 1 aromatic rings. The van der Waals surface area contributed by atoms with Crippen molar-refractivity contribution in [2.45, 2.75) is 6.42 Å². The number of nitrogens with one attached hydrogen (secondary N) is 1. The minimum atomic E-state index is -1.08. The van der Waals surface area contributed by atoms with Crippen LogP contribution in [0.25, 0.3) is 0 Å². The number of nitrogens with zero attached hydrogens (tertiary/aromatic N) is 1. The molecule has 7 heteroatoms. The van der Waals surface area contributed by atoms with E-state index in [0.29, 0.717) is 0 Å². The van der Waals surface area contributed by atoms with Gasteiger partial charge >= 0.3 is 0 Å². The number of hydrogen-bond donors (Lipinski definition) is 1. The molecular weight excluding hydrogens is 318 g/mol. The van der Waals surface area contributed by atoms with E-state index < -0.39 is 24.1 Å². The molecule has 2 aliphatic carbocycles. The molecule has 1 N–H and O–H groups in total. The van der Waals surface area contributed by atoms with E-state index in [-0.39, 0.29) is 41.2 Å². The number of likely N-dealkylation sites (tertiary alicyclic amines) is 1. The molecule has 2 fully saturated rings. The lowest BCUT2D eigenvalue weighted by Crippen LogP contribution is -2.39. The standard InChI is InChI=1S/C17H14F2N2O3/c18-11-4-3-10(6-12(11)19)20-13(22)7-21-16(23)14-8-1-2-9(5-8)15(14)17(21)24/h1-4,6,8-9,14-15H,5,7H2,(H,20,22)/t8-,9-,14-,15-/m0/s1. The van der Waals surface area contributed by atoms with Gasteiger partial charge in [-0.25, -0.2) is 8.78 Å². The molecule has 1 heterocycles. The average molecular weight is 332 g/mol. The van der Waals surface area contributed by atoms with E-state index in [2.05, 4.69) is 5.32 Å². The molecule has 1 aromatic carbocycles. The van der Waals surface area contributed by atoms with Crippen LogP contribution in [0.3, 0.4) is 0 Å². The number of amides is 3. The summed E-state index contributed by atoms with van der Waals surface area (Å²) >= 11 is 0. The number of benzene rings is 1. The number of rotatable bonds is 3. The predicted molar refractivity (Wildman–Crippen MR) is 79.4 cm³/mol. The van der Waals surface area contributed by atoms with Crippen LogP contribution < -0.4 is 5.32 Å². The molecule has 0 unspecified atom stereocenters. The lowest BCUT2D eigenvalue weighted by molar-refractivity contribution is -0.143. The predicted octanol–water partition coefficient (Wildman–Crippen LogP) is 1.71. The van der Waals surface area contributed by atoms with Crippen LogP contribution in [0.2, 0.25) is 0 Å². The van der Waals surface area contributed by atoms with Gasteiger partial charge in [0.1, 0.15) is 6.54 Å². The smallest absolute Gasteiger partial charge is 0.244 e. The first-order valence-electron chi connectivity index (χ1n) is 7.74. The second-order valence-electron chi connectivity index (χ2n) is 6.44. The number of fused-ring (bicyclic) bond motifs is 5. The Bertz CT molecular complexity index is 762. The number of allylic oxidation sites excluding steroid dienone is 2. The fourth-order valence-electron chi connectivity index (χ4n) is 4.04. The van der Waals surface area contributed by atoms with Crippen molar-refractivity contribution in [3.8, 4) is 0 Å². The summed E-state index contributed by atoms with van der Waals surface area (Å²) in [6.45, 7) is -0.414. The SMILES string of the molecule is O=C(CN1C(=O)[C@@H]2[C@@H](C1=O)[C@H]1C=C[C@H]2C1)Nc1ccc(F)c(F)c1. The number of hydrogen-bond acceptors (Lipinski definition) is 3. The molecule has 0 radical (unpaired) electrons. The van der Waals surface area contributed by atoms with Gasteiger partial charge in [-0.3, -0.25) is 19.3 Å². The van der Waals surface area contributed by atoms with Crippen LogP contribution in [0.1, 0.15) is 6.42 Å². The Balaban J connectivity index is 1.46. The van der Waals surface area contributed by atoms with Crippen LogP contribution in [0.4, 0.5) is 14.5 Å². The monoisotopic (exact) mass is 332 g/mol. The van der Waals surface area contributed by atoms with Crippen molar-refractivity contribution < 1.29 is 23.2 Å². The molecule has 4 rings (SSSR count). The van der Waals surface area contributed by atoms with Crippen molar-refractivity contribution in [2.75, 3.05) is 11.9 Å². The summed E-state index contributed by atoms with van der Waals surface area (Å²) in [5.74, 6) is -3.92. The highest BCUT2D eigenvalue weighted by molar-refractivity contribution is 6.09. The molecule has 0 spiro atoms. The van der Waals surface area contributed by atoms with E-state index in [1.165, 1.54) is 6.07 Å². The summed E-state index contributed by atoms with van der Waals surface area (Å²) < 4.78 is 26.0. The zero-order valence-corrected chi connectivity index (χ0v) is 12.5. The fraction of sp³-hybridized carbons (Fsp3) is 0.353. The molecule has 2 bridgehead atoms. The zero-order valence-electron chi connectivity index (χ0n) is 12.5. The second kappa shape index (κ2) is 5.22. The number of carbonyl (C=O) groups excluding carboxylic acids is 3. The van der Waals surface area contributed by atoms with Crippen molar-refractivity contribution in [3.63, 3.8) is 0 Å². The topological polar surface area (TPSA) is 66.5 Å². The maximum absolute atomic E-state index is 13.2. The third-order valence-corrected chi connectivity index (χ3v) is 5.07. The van der Waals surface area contributed by atoms with Crippen molar-refractivity contribution in [1.82, 2.24) is 4.90 Å². The Morgan fingerprint density at radius 3 is 2.29 bits per heavy atom. The average Bonchev–Trinajstić information content (AvgIpc) is 3.21. The lowest BCUT2D eigenvalue weighted by atomic mass is 9.85. The van der Waals surface area contributed by atoms with Gasteiger partial charge in [-0.05, 0) is 30.4 Å². The summed E-state index contributed by atoms with van der Waals surface area (Å²) in [6, 6.07) is 2.95. The van der Waals surface area contributed by atoms with Crippen LogP contribution in [0.5, 0.6) is 0 Å². The quantitative estimate of drug-likeness (QED) is 0.677. The van der Waals surface area contributed by atoms with Gasteiger partial charge in [-0.2, -0.15) is 0 Å². The molecule has 24 heavy (non-hydrogen) atoms. The van der Waals surface area contributed by atoms with E-state index in [1.54, 1.807) is 0 Å². The van der Waals surface area contributed by atoms with Gasteiger partial charge < -0.3 is 5.32 Å². The Kier molecular flexibility index (Phi) is 3.26. The molecule has 3 aliphatic rings. The molecule has 4 atom stereocenters. The van der Waals surface area contributed by atoms with Gasteiger partial charge in [0.05, 0.1) is 11.8 Å². The van der Waals surface area contributed by atoms with E-state index in [4.69, 9.17) is 0 Å². The Morgan fingerprint density at radius 2 is 1.71 bits per heavy atom. The number of anilines is 1. The molecule has 0 aromatic heterocycles. The van der Waals surface area contributed by atoms with Crippen molar-refractivity contribution in [3.05, 3.63) is 42.0 Å². The normalized spacial score (nSPS) is 30.2. The van der Waals surface area contributed by atoms with Crippen molar-refractivity contribution >= 4 is 23.4 Å². The maximum atomic E-state index is 13.2. The summed E-state index contributed by atoms with van der Waals surface area (Å²) in [7, 11) is 0. The largest absolute Gasteiger partial charge is 0.324 e. The first-order valence-corrected chi connectivity index (χ1v) is 7.74. The van der Waals surface area contributed by atoms with Gasteiger partial charge in [0.25, 0.3) is 0 Å². The minimum Gasteiger partial charge on any atom is -0.324 e. The van der Waals surface area contributed by atoms with Gasteiger partial charge in [-0.1, -0.05) is 12.2 Å². The summed E-state index contributed by atoms with van der Waals surface area (Å²) in [5.41, 5.74) is 0.0694. The van der Waals surface area contributed by atoms with Crippen LogP contribution >= 0.6 is 0 Å². The summed E-state index contributed by atoms with van der Waals surface area (Å²) in [4.78, 5) is 38.0. The Hall–Kier alpha value is -2.57. The molecule has 3 amide bonds. The van der Waals surface area contributed by atoms with Crippen LogP contribution in [0, 0.1) is 35.3 Å². The van der Waals surface area contributed by atoms with E-state index >= 15 is 0 Å².